The van der Waals surface area contributed by atoms with Crippen molar-refractivity contribution < 1.29 is 14.2 Å². The van der Waals surface area contributed by atoms with Crippen molar-refractivity contribution in [2.45, 2.75) is 32.9 Å². The van der Waals surface area contributed by atoms with E-state index in [2.05, 4.69) is 0 Å². The van der Waals surface area contributed by atoms with E-state index in [1.165, 1.54) is 0 Å². The van der Waals surface area contributed by atoms with Crippen LogP contribution < -0.4 is 15.2 Å². The van der Waals surface area contributed by atoms with Gasteiger partial charge in [-0.3, -0.25) is 0 Å². The molecule has 18 heavy (non-hydrogen) atoms. The van der Waals surface area contributed by atoms with Crippen molar-refractivity contribution >= 4 is 0 Å². The first kappa shape index (κ1) is 14.8. The Hall–Kier alpha value is -1.26. The Labute approximate surface area is 109 Å². The third kappa shape index (κ3) is 3.62. The van der Waals surface area contributed by atoms with Gasteiger partial charge in [0.15, 0.2) is 11.5 Å². The first-order valence-electron chi connectivity index (χ1n) is 6.31. The maximum atomic E-state index is 6.12. The Bertz CT molecular complexity index is 368. The van der Waals surface area contributed by atoms with Crippen molar-refractivity contribution in [3.63, 3.8) is 0 Å². The van der Waals surface area contributed by atoms with E-state index in [0.29, 0.717) is 13.2 Å². The molecule has 102 valence electrons. The van der Waals surface area contributed by atoms with Gasteiger partial charge in [0.25, 0.3) is 0 Å². The first-order valence-corrected chi connectivity index (χ1v) is 6.31. The van der Waals surface area contributed by atoms with E-state index in [9.17, 15) is 0 Å². The fourth-order valence-corrected chi connectivity index (χ4v) is 1.69. The summed E-state index contributed by atoms with van der Waals surface area (Å²) in [6.07, 6.45) is -0.0441. The number of nitrogens with two attached hydrogens (primary N) is 1. The lowest BCUT2D eigenvalue weighted by atomic mass is 10.0. The zero-order valence-corrected chi connectivity index (χ0v) is 11.6. The lowest BCUT2D eigenvalue weighted by Crippen LogP contribution is -2.25. The summed E-state index contributed by atoms with van der Waals surface area (Å²) < 4.78 is 16.3. The van der Waals surface area contributed by atoms with Gasteiger partial charge in [-0.05, 0) is 38.5 Å². The molecule has 1 aromatic rings. The molecule has 0 saturated heterocycles. The summed E-state index contributed by atoms with van der Waals surface area (Å²) in [4.78, 5) is 0. The molecule has 4 nitrogen and oxygen atoms in total. The van der Waals surface area contributed by atoms with Gasteiger partial charge in [-0.2, -0.15) is 0 Å². The highest BCUT2D eigenvalue weighted by molar-refractivity contribution is 5.44. The van der Waals surface area contributed by atoms with Crippen molar-refractivity contribution in [1.82, 2.24) is 0 Å². The standard InChI is InChI=1S/C14H23NO3/c1-5-17-12-8-7-11(9-13(12)18-6-2)14(15)10(3)16-4/h7-10,14H,5-6,15H2,1-4H3. The molecule has 0 bridgehead atoms. The number of hydrogen-bond acceptors (Lipinski definition) is 4. The smallest absolute Gasteiger partial charge is 0.161 e. The number of methoxy groups -OCH3 is 1. The second-order valence-electron chi connectivity index (χ2n) is 4.04. The molecule has 2 atom stereocenters. The summed E-state index contributed by atoms with van der Waals surface area (Å²) in [6.45, 7) is 7.04. The van der Waals surface area contributed by atoms with E-state index in [0.717, 1.165) is 17.1 Å². The van der Waals surface area contributed by atoms with E-state index in [4.69, 9.17) is 19.9 Å². The van der Waals surface area contributed by atoms with Gasteiger partial charge < -0.3 is 19.9 Å². The summed E-state index contributed by atoms with van der Waals surface area (Å²) >= 11 is 0. The van der Waals surface area contributed by atoms with Crippen LogP contribution in [0.15, 0.2) is 18.2 Å². The molecule has 0 aromatic heterocycles. The minimum atomic E-state index is -0.176. The predicted molar refractivity (Wildman–Crippen MR) is 72.2 cm³/mol. The molecular formula is C14H23NO3. The Kier molecular flexibility index (Phi) is 5.95. The minimum absolute atomic E-state index is 0.0441. The zero-order valence-electron chi connectivity index (χ0n) is 11.6. The minimum Gasteiger partial charge on any atom is -0.490 e. The van der Waals surface area contributed by atoms with Crippen LogP contribution in [-0.4, -0.2) is 26.4 Å². The largest absolute Gasteiger partial charge is 0.490 e. The SMILES string of the molecule is CCOc1ccc(C(N)C(C)OC)cc1OCC. The van der Waals surface area contributed by atoms with Gasteiger partial charge in [-0.15, -0.1) is 0 Å². The number of hydrogen-bond donors (Lipinski definition) is 1. The summed E-state index contributed by atoms with van der Waals surface area (Å²) in [6, 6.07) is 5.60. The van der Waals surface area contributed by atoms with Crippen LogP contribution in [0, 0.1) is 0 Å². The molecule has 2 unspecified atom stereocenters. The maximum absolute atomic E-state index is 6.12. The average Bonchev–Trinajstić information content (AvgIpc) is 2.39. The van der Waals surface area contributed by atoms with Crippen LogP contribution in [0.3, 0.4) is 0 Å². The Morgan fingerprint density at radius 2 is 1.72 bits per heavy atom. The predicted octanol–water partition coefficient (Wildman–Crippen LogP) is 2.52. The maximum Gasteiger partial charge on any atom is 0.161 e. The van der Waals surface area contributed by atoms with E-state index in [1.54, 1.807) is 7.11 Å². The fourth-order valence-electron chi connectivity index (χ4n) is 1.69. The van der Waals surface area contributed by atoms with Crippen molar-refractivity contribution in [2.24, 2.45) is 5.73 Å². The lowest BCUT2D eigenvalue weighted by molar-refractivity contribution is 0.0955. The van der Waals surface area contributed by atoms with Crippen LogP contribution in [0.4, 0.5) is 0 Å². The zero-order chi connectivity index (χ0) is 13.5. The van der Waals surface area contributed by atoms with Gasteiger partial charge in [0.05, 0.1) is 25.4 Å². The summed E-state index contributed by atoms with van der Waals surface area (Å²) in [5.74, 6) is 1.48. The van der Waals surface area contributed by atoms with Gasteiger partial charge >= 0.3 is 0 Å². The molecule has 1 rings (SSSR count). The number of rotatable bonds is 7. The fraction of sp³-hybridized carbons (Fsp3) is 0.571. The van der Waals surface area contributed by atoms with E-state index in [1.807, 2.05) is 39.0 Å². The third-order valence-electron chi connectivity index (χ3n) is 2.83. The second-order valence-corrected chi connectivity index (χ2v) is 4.04. The summed E-state index contributed by atoms with van der Waals surface area (Å²) in [5, 5.41) is 0. The molecule has 0 radical (unpaired) electrons. The monoisotopic (exact) mass is 253 g/mol. The molecular weight excluding hydrogens is 230 g/mol. The van der Waals surface area contributed by atoms with E-state index < -0.39 is 0 Å². The molecule has 0 aliphatic rings. The van der Waals surface area contributed by atoms with Crippen molar-refractivity contribution in [1.29, 1.82) is 0 Å². The normalized spacial score (nSPS) is 14.1. The second kappa shape index (κ2) is 7.24. The molecule has 0 saturated carbocycles. The third-order valence-corrected chi connectivity index (χ3v) is 2.83. The van der Waals surface area contributed by atoms with Crippen molar-refractivity contribution in [3.05, 3.63) is 23.8 Å². The first-order chi connectivity index (χ1) is 8.63. The van der Waals surface area contributed by atoms with E-state index in [-0.39, 0.29) is 12.1 Å². The van der Waals surface area contributed by atoms with Crippen molar-refractivity contribution in [2.75, 3.05) is 20.3 Å². The van der Waals surface area contributed by atoms with Crippen LogP contribution in [0.2, 0.25) is 0 Å². The molecule has 0 fully saturated rings. The molecule has 0 aliphatic heterocycles. The van der Waals surface area contributed by atoms with Crippen LogP contribution in [0.1, 0.15) is 32.4 Å². The van der Waals surface area contributed by atoms with Crippen LogP contribution in [0.25, 0.3) is 0 Å². The quantitative estimate of drug-likeness (QED) is 0.811. The Balaban J connectivity index is 2.98. The lowest BCUT2D eigenvalue weighted by Gasteiger charge is -2.20. The van der Waals surface area contributed by atoms with Crippen molar-refractivity contribution in [3.8, 4) is 11.5 Å². The van der Waals surface area contributed by atoms with Gasteiger partial charge in [-0.1, -0.05) is 6.07 Å². The Morgan fingerprint density at radius 1 is 1.11 bits per heavy atom. The topological polar surface area (TPSA) is 53.7 Å². The van der Waals surface area contributed by atoms with Gasteiger partial charge in [0.1, 0.15) is 0 Å². The molecule has 0 spiro atoms. The van der Waals surface area contributed by atoms with Crippen LogP contribution in [0.5, 0.6) is 11.5 Å². The molecule has 2 N–H and O–H groups in total. The van der Waals surface area contributed by atoms with Crippen LogP contribution in [-0.2, 0) is 4.74 Å². The van der Waals surface area contributed by atoms with Gasteiger partial charge in [0, 0.05) is 7.11 Å². The number of ether oxygens (including phenoxy) is 3. The average molecular weight is 253 g/mol. The number of benzene rings is 1. The van der Waals surface area contributed by atoms with Gasteiger partial charge in [-0.25, -0.2) is 0 Å². The molecule has 0 heterocycles. The van der Waals surface area contributed by atoms with Crippen LogP contribution >= 0.6 is 0 Å². The highest BCUT2D eigenvalue weighted by Gasteiger charge is 2.16. The Morgan fingerprint density at radius 3 is 2.28 bits per heavy atom. The molecule has 1 aromatic carbocycles. The van der Waals surface area contributed by atoms with E-state index >= 15 is 0 Å². The molecule has 0 aliphatic carbocycles. The molecule has 0 amide bonds. The highest BCUT2D eigenvalue weighted by Crippen LogP contribution is 2.31. The van der Waals surface area contributed by atoms with Gasteiger partial charge in [0.2, 0.25) is 0 Å². The highest BCUT2D eigenvalue weighted by atomic mass is 16.5. The summed E-state index contributed by atoms with van der Waals surface area (Å²) in [5.41, 5.74) is 7.10. The summed E-state index contributed by atoms with van der Waals surface area (Å²) in [7, 11) is 1.66. The molecule has 4 heteroatoms.